The molecular weight excluding hydrogens is 202 g/mol. The number of anilines is 2. The van der Waals surface area contributed by atoms with Crippen molar-refractivity contribution in [2.75, 3.05) is 30.9 Å². The van der Waals surface area contributed by atoms with Gasteiger partial charge in [-0.1, -0.05) is 13.8 Å². The molecule has 0 bridgehead atoms. The van der Waals surface area contributed by atoms with Crippen molar-refractivity contribution in [2.45, 2.75) is 19.9 Å². The molecule has 1 heterocycles. The number of nitrogens with one attached hydrogen (secondary N) is 1. The summed E-state index contributed by atoms with van der Waals surface area (Å²) in [5.41, 5.74) is 5.95. The summed E-state index contributed by atoms with van der Waals surface area (Å²) >= 11 is 0. The number of hydrogen-bond donors (Lipinski definition) is 2. The van der Waals surface area contributed by atoms with Crippen molar-refractivity contribution >= 4 is 11.8 Å². The Balaban J connectivity index is 2.57. The fourth-order valence-electron chi connectivity index (χ4n) is 1.12. The molecule has 1 aromatic rings. The van der Waals surface area contributed by atoms with Crippen molar-refractivity contribution in [2.24, 2.45) is 11.7 Å². The second-order valence-electron chi connectivity index (χ2n) is 4.43. The van der Waals surface area contributed by atoms with E-state index in [4.69, 9.17) is 5.73 Å². The van der Waals surface area contributed by atoms with Gasteiger partial charge in [-0.2, -0.15) is 4.98 Å². The van der Waals surface area contributed by atoms with E-state index in [1.807, 2.05) is 25.1 Å². The van der Waals surface area contributed by atoms with Crippen LogP contribution in [0.25, 0.3) is 0 Å². The zero-order chi connectivity index (χ0) is 12.1. The third-order valence-electron chi connectivity index (χ3n) is 2.42. The van der Waals surface area contributed by atoms with Crippen molar-refractivity contribution in [3.8, 4) is 0 Å². The maximum absolute atomic E-state index is 5.95. The average Bonchev–Trinajstić information content (AvgIpc) is 2.26. The first-order valence-electron chi connectivity index (χ1n) is 5.50. The Hall–Kier alpha value is -1.36. The molecule has 3 N–H and O–H groups in total. The van der Waals surface area contributed by atoms with Crippen LogP contribution in [0.2, 0.25) is 0 Å². The van der Waals surface area contributed by atoms with Crippen LogP contribution in [0, 0.1) is 5.92 Å². The van der Waals surface area contributed by atoms with E-state index in [9.17, 15) is 0 Å². The summed E-state index contributed by atoms with van der Waals surface area (Å²) < 4.78 is 0. The summed E-state index contributed by atoms with van der Waals surface area (Å²) in [7, 11) is 3.83. The molecule has 0 aliphatic heterocycles. The van der Waals surface area contributed by atoms with E-state index in [1.165, 1.54) is 0 Å². The molecule has 1 atom stereocenters. The van der Waals surface area contributed by atoms with Gasteiger partial charge in [-0.3, -0.25) is 0 Å². The molecule has 5 nitrogen and oxygen atoms in total. The molecule has 1 rings (SSSR count). The van der Waals surface area contributed by atoms with Crippen LogP contribution in [0.4, 0.5) is 11.8 Å². The molecule has 0 saturated carbocycles. The number of nitrogens with zero attached hydrogens (tertiary/aromatic N) is 3. The summed E-state index contributed by atoms with van der Waals surface area (Å²) in [6, 6.07) is 1.98. The SMILES string of the molecule is CC(C)C(N)CNc1ccnc(N(C)C)n1. The molecule has 0 aromatic carbocycles. The van der Waals surface area contributed by atoms with Gasteiger partial charge in [0.05, 0.1) is 0 Å². The average molecular weight is 223 g/mol. The largest absolute Gasteiger partial charge is 0.368 e. The maximum Gasteiger partial charge on any atom is 0.226 e. The van der Waals surface area contributed by atoms with E-state index in [0.29, 0.717) is 11.9 Å². The monoisotopic (exact) mass is 223 g/mol. The Morgan fingerprint density at radius 2 is 2.12 bits per heavy atom. The van der Waals surface area contributed by atoms with Crippen LogP contribution >= 0.6 is 0 Å². The van der Waals surface area contributed by atoms with E-state index >= 15 is 0 Å². The third-order valence-corrected chi connectivity index (χ3v) is 2.42. The van der Waals surface area contributed by atoms with E-state index in [-0.39, 0.29) is 6.04 Å². The zero-order valence-corrected chi connectivity index (χ0v) is 10.4. The molecular formula is C11H21N5. The molecule has 0 aliphatic rings. The van der Waals surface area contributed by atoms with Crippen molar-refractivity contribution < 1.29 is 0 Å². The maximum atomic E-state index is 5.95. The minimum absolute atomic E-state index is 0.137. The number of aromatic nitrogens is 2. The smallest absolute Gasteiger partial charge is 0.226 e. The van der Waals surface area contributed by atoms with Crippen LogP contribution in [-0.2, 0) is 0 Å². The van der Waals surface area contributed by atoms with Gasteiger partial charge in [0.1, 0.15) is 5.82 Å². The van der Waals surface area contributed by atoms with Gasteiger partial charge < -0.3 is 16.0 Å². The lowest BCUT2D eigenvalue weighted by Crippen LogP contribution is -2.34. The van der Waals surface area contributed by atoms with E-state index in [2.05, 4.69) is 29.1 Å². The van der Waals surface area contributed by atoms with Crippen molar-refractivity contribution in [1.82, 2.24) is 9.97 Å². The number of hydrogen-bond acceptors (Lipinski definition) is 5. The molecule has 0 spiro atoms. The predicted octanol–water partition coefficient (Wildman–Crippen LogP) is 0.938. The van der Waals surface area contributed by atoms with Gasteiger partial charge in [0, 0.05) is 32.9 Å². The zero-order valence-electron chi connectivity index (χ0n) is 10.4. The summed E-state index contributed by atoms with van der Waals surface area (Å²) in [5.74, 6) is 1.97. The second-order valence-corrected chi connectivity index (χ2v) is 4.43. The molecule has 0 saturated heterocycles. The second kappa shape index (κ2) is 5.65. The van der Waals surface area contributed by atoms with Gasteiger partial charge in [0.25, 0.3) is 0 Å². The molecule has 90 valence electrons. The topological polar surface area (TPSA) is 67.1 Å². The number of rotatable bonds is 5. The normalized spacial score (nSPS) is 12.6. The fourth-order valence-corrected chi connectivity index (χ4v) is 1.12. The lowest BCUT2D eigenvalue weighted by atomic mass is 10.1. The lowest BCUT2D eigenvalue weighted by molar-refractivity contribution is 0.511. The molecule has 1 aromatic heterocycles. The van der Waals surface area contributed by atoms with Gasteiger partial charge in [-0.15, -0.1) is 0 Å². The van der Waals surface area contributed by atoms with E-state index in [1.54, 1.807) is 6.20 Å². The van der Waals surface area contributed by atoms with Crippen LogP contribution in [-0.4, -0.2) is 36.6 Å². The molecule has 0 amide bonds. The fraction of sp³-hybridized carbons (Fsp3) is 0.636. The molecule has 0 radical (unpaired) electrons. The third kappa shape index (κ3) is 3.66. The van der Waals surface area contributed by atoms with Crippen molar-refractivity contribution in [3.05, 3.63) is 12.3 Å². The Morgan fingerprint density at radius 3 is 2.69 bits per heavy atom. The Bertz CT molecular complexity index is 324. The van der Waals surface area contributed by atoms with Crippen molar-refractivity contribution in [3.63, 3.8) is 0 Å². The lowest BCUT2D eigenvalue weighted by Gasteiger charge is -2.17. The van der Waals surface area contributed by atoms with Crippen LogP contribution in [0.3, 0.4) is 0 Å². The summed E-state index contributed by atoms with van der Waals surface area (Å²) in [4.78, 5) is 10.4. The first-order chi connectivity index (χ1) is 7.50. The van der Waals surface area contributed by atoms with Gasteiger partial charge in [-0.05, 0) is 12.0 Å². The standard InChI is InChI=1S/C11H21N5/c1-8(2)9(12)7-14-10-5-6-13-11(15-10)16(3)4/h5-6,8-9H,7,12H2,1-4H3,(H,13,14,15). The predicted molar refractivity (Wildman–Crippen MR) is 67.7 cm³/mol. The van der Waals surface area contributed by atoms with Gasteiger partial charge in [0.2, 0.25) is 5.95 Å². The van der Waals surface area contributed by atoms with Gasteiger partial charge >= 0.3 is 0 Å². The van der Waals surface area contributed by atoms with Gasteiger partial charge in [0.15, 0.2) is 0 Å². The molecule has 0 fully saturated rings. The van der Waals surface area contributed by atoms with Gasteiger partial charge in [-0.25, -0.2) is 4.98 Å². The Labute approximate surface area is 97.1 Å². The summed E-state index contributed by atoms with van der Waals surface area (Å²) in [6.07, 6.45) is 1.74. The molecule has 16 heavy (non-hydrogen) atoms. The highest BCUT2D eigenvalue weighted by molar-refractivity contribution is 5.40. The quantitative estimate of drug-likeness (QED) is 0.777. The van der Waals surface area contributed by atoms with Crippen molar-refractivity contribution in [1.29, 1.82) is 0 Å². The number of nitrogens with two attached hydrogens (primary N) is 1. The first kappa shape index (κ1) is 12.7. The minimum Gasteiger partial charge on any atom is -0.368 e. The Kier molecular flexibility index (Phi) is 4.49. The summed E-state index contributed by atoms with van der Waals surface area (Å²) in [5, 5.41) is 3.22. The minimum atomic E-state index is 0.137. The van der Waals surface area contributed by atoms with E-state index in [0.717, 1.165) is 12.4 Å². The molecule has 0 aliphatic carbocycles. The highest BCUT2D eigenvalue weighted by Gasteiger charge is 2.07. The van der Waals surface area contributed by atoms with Crippen LogP contribution < -0.4 is 16.0 Å². The highest BCUT2D eigenvalue weighted by atomic mass is 15.2. The van der Waals surface area contributed by atoms with Crippen LogP contribution in [0.1, 0.15) is 13.8 Å². The summed E-state index contributed by atoms with van der Waals surface area (Å²) in [6.45, 7) is 4.94. The van der Waals surface area contributed by atoms with Crippen LogP contribution in [0.5, 0.6) is 0 Å². The van der Waals surface area contributed by atoms with E-state index < -0.39 is 0 Å². The van der Waals surface area contributed by atoms with Crippen LogP contribution in [0.15, 0.2) is 12.3 Å². The molecule has 5 heteroatoms. The molecule has 1 unspecified atom stereocenters. The Morgan fingerprint density at radius 1 is 1.44 bits per heavy atom. The first-order valence-corrected chi connectivity index (χ1v) is 5.50. The highest BCUT2D eigenvalue weighted by Crippen LogP contribution is 2.08.